The number of benzene rings is 3. The Balaban J connectivity index is 2.12. The van der Waals surface area contributed by atoms with Crippen molar-refractivity contribution >= 4 is 27.5 Å². The fourth-order valence-electron chi connectivity index (χ4n) is 4.71. The number of sulfonamides is 1. The van der Waals surface area contributed by atoms with Crippen molar-refractivity contribution in [3.63, 3.8) is 0 Å². The van der Waals surface area contributed by atoms with Gasteiger partial charge < -0.3 is 19.7 Å². The monoisotopic (exact) mass is 609 g/mol. The van der Waals surface area contributed by atoms with Crippen molar-refractivity contribution in [1.29, 1.82) is 0 Å². The van der Waals surface area contributed by atoms with Crippen LogP contribution in [0.5, 0.6) is 11.5 Å². The highest BCUT2D eigenvalue weighted by molar-refractivity contribution is 7.92. The highest BCUT2D eigenvalue weighted by atomic mass is 32.2. The van der Waals surface area contributed by atoms with Gasteiger partial charge in [-0.3, -0.25) is 13.9 Å². The number of carbonyl (C=O) groups excluding carboxylic acids is 2. The number of rotatable bonds is 14. The average Bonchev–Trinajstić information content (AvgIpc) is 2.99. The largest absolute Gasteiger partial charge is 0.493 e. The number of methoxy groups -OCH3 is 2. The maximum absolute atomic E-state index is 14.3. The molecule has 1 N–H and O–H groups in total. The van der Waals surface area contributed by atoms with Crippen molar-refractivity contribution in [2.75, 3.05) is 25.1 Å². The summed E-state index contributed by atoms with van der Waals surface area (Å²) >= 11 is 0. The summed E-state index contributed by atoms with van der Waals surface area (Å²) in [6.07, 6.45) is 1.08. The Morgan fingerprint density at radius 3 is 2.12 bits per heavy atom. The predicted molar refractivity (Wildman–Crippen MR) is 169 cm³/mol. The first-order chi connectivity index (χ1) is 20.4. The Bertz CT molecular complexity index is 1510. The maximum atomic E-state index is 14.3. The van der Waals surface area contributed by atoms with Crippen LogP contribution in [0.3, 0.4) is 0 Å². The van der Waals surface area contributed by atoms with E-state index in [-0.39, 0.29) is 29.1 Å². The number of nitrogens with one attached hydrogen (secondary N) is 1. The van der Waals surface area contributed by atoms with Crippen molar-refractivity contribution in [2.45, 2.75) is 71.0 Å². The van der Waals surface area contributed by atoms with E-state index in [1.54, 1.807) is 24.3 Å². The van der Waals surface area contributed by atoms with Gasteiger partial charge >= 0.3 is 0 Å². The smallest absolute Gasteiger partial charge is 0.264 e. The van der Waals surface area contributed by atoms with Crippen LogP contribution in [0.4, 0.5) is 5.69 Å². The van der Waals surface area contributed by atoms with E-state index in [4.69, 9.17) is 9.47 Å². The van der Waals surface area contributed by atoms with E-state index in [9.17, 15) is 18.0 Å². The van der Waals surface area contributed by atoms with Crippen molar-refractivity contribution < 1.29 is 27.5 Å². The molecular weight excluding hydrogens is 566 g/mol. The second kappa shape index (κ2) is 14.9. The van der Waals surface area contributed by atoms with Gasteiger partial charge in [-0.15, -0.1) is 0 Å². The molecule has 0 saturated heterocycles. The van der Waals surface area contributed by atoms with Crippen LogP contribution in [0.15, 0.2) is 71.6 Å². The molecule has 3 rings (SSSR count). The summed E-state index contributed by atoms with van der Waals surface area (Å²) in [7, 11) is -1.27. The van der Waals surface area contributed by atoms with Crippen LogP contribution in [-0.4, -0.2) is 58.0 Å². The van der Waals surface area contributed by atoms with Crippen molar-refractivity contribution in [3.8, 4) is 11.5 Å². The van der Waals surface area contributed by atoms with Crippen LogP contribution in [0.25, 0.3) is 0 Å². The van der Waals surface area contributed by atoms with Gasteiger partial charge in [0.2, 0.25) is 11.8 Å². The summed E-state index contributed by atoms with van der Waals surface area (Å²) in [5.41, 5.74) is 2.97. The number of anilines is 1. The summed E-state index contributed by atoms with van der Waals surface area (Å²) in [6.45, 7) is 9.14. The van der Waals surface area contributed by atoms with Gasteiger partial charge in [0.1, 0.15) is 12.6 Å². The highest BCUT2D eigenvalue weighted by Crippen LogP contribution is 2.34. The topological polar surface area (TPSA) is 105 Å². The molecule has 3 aromatic rings. The molecule has 0 aliphatic rings. The zero-order valence-corrected chi connectivity index (χ0v) is 26.9. The standard InChI is InChI=1S/C33H43N3O6S/c1-8-25(5)34-33(38)29(9-2)35(21-26-12-10-11-24(4)19-26)32(37)22-36(27-15-18-30(41-6)31(20-27)42-7)43(39,40)28-16-13-23(3)14-17-28/h10-20,25,29H,8-9,21-22H2,1-7H3,(H,34,38)/t25-,29-/m1/s1. The fraction of sp³-hybridized carbons (Fsp3) is 0.394. The molecule has 0 aromatic heterocycles. The van der Waals surface area contributed by atoms with Gasteiger partial charge in [0.15, 0.2) is 11.5 Å². The molecule has 0 saturated carbocycles. The molecular formula is C33H43N3O6S. The molecule has 2 amide bonds. The summed E-state index contributed by atoms with van der Waals surface area (Å²) in [4.78, 5) is 29.2. The van der Waals surface area contributed by atoms with E-state index in [0.717, 1.165) is 27.4 Å². The zero-order chi connectivity index (χ0) is 31.7. The number of amides is 2. The summed E-state index contributed by atoms with van der Waals surface area (Å²) < 4.78 is 40.1. The number of aryl methyl sites for hydroxylation is 2. The Morgan fingerprint density at radius 2 is 1.53 bits per heavy atom. The number of hydrogen-bond acceptors (Lipinski definition) is 6. The third kappa shape index (κ3) is 8.28. The lowest BCUT2D eigenvalue weighted by atomic mass is 10.1. The molecule has 232 valence electrons. The SMILES string of the molecule is CC[C@@H](C)NC(=O)[C@@H](CC)N(Cc1cccc(C)c1)C(=O)CN(c1ccc(OC)c(OC)c1)S(=O)(=O)c1ccc(C)cc1. The van der Waals surface area contributed by atoms with Crippen molar-refractivity contribution in [2.24, 2.45) is 0 Å². The first-order valence-electron chi connectivity index (χ1n) is 14.4. The minimum Gasteiger partial charge on any atom is -0.493 e. The van der Waals surface area contributed by atoms with Gasteiger partial charge in [-0.25, -0.2) is 8.42 Å². The van der Waals surface area contributed by atoms with Gasteiger partial charge in [0.05, 0.1) is 24.8 Å². The zero-order valence-electron chi connectivity index (χ0n) is 26.1. The van der Waals surface area contributed by atoms with E-state index in [1.807, 2.05) is 58.9 Å². The van der Waals surface area contributed by atoms with E-state index in [2.05, 4.69) is 5.32 Å². The maximum Gasteiger partial charge on any atom is 0.264 e. The lowest BCUT2D eigenvalue weighted by molar-refractivity contribution is -0.140. The molecule has 3 aromatic carbocycles. The van der Waals surface area contributed by atoms with Gasteiger partial charge in [0, 0.05) is 18.7 Å². The van der Waals surface area contributed by atoms with E-state index >= 15 is 0 Å². The normalized spacial score (nSPS) is 12.6. The lowest BCUT2D eigenvalue weighted by Crippen LogP contribution is -2.53. The second-order valence-electron chi connectivity index (χ2n) is 10.6. The van der Waals surface area contributed by atoms with Gasteiger partial charge in [-0.2, -0.15) is 0 Å². The Morgan fingerprint density at radius 1 is 0.860 bits per heavy atom. The van der Waals surface area contributed by atoms with Gasteiger partial charge in [-0.1, -0.05) is 61.4 Å². The van der Waals surface area contributed by atoms with Crippen LogP contribution in [0.1, 0.15) is 50.3 Å². The van der Waals surface area contributed by atoms with Crippen LogP contribution >= 0.6 is 0 Å². The molecule has 0 aliphatic carbocycles. The van der Waals surface area contributed by atoms with Crippen molar-refractivity contribution in [3.05, 3.63) is 83.4 Å². The Kier molecular flexibility index (Phi) is 11.6. The van der Waals surface area contributed by atoms with E-state index in [0.29, 0.717) is 17.9 Å². The predicted octanol–water partition coefficient (Wildman–Crippen LogP) is 5.24. The molecule has 9 nitrogen and oxygen atoms in total. The van der Waals surface area contributed by atoms with Crippen LogP contribution < -0.4 is 19.1 Å². The molecule has 2 atom stereocenters. The quantitative estimate of drug-likeness (QED) is 0.268. The van der Waals surface area contributed by atoms with Gasteiger partial charge in [-0.05, 0) is 63.4 Å². The van der Waals surface area contributed by atoms with Gasteiger partial charge in [0.25, 0.3) is 10.0 Å². The minimum absolute atomic E-state index is 0.0347. The first-order valence-corrected chi connectivity index (χ1v) is 15.9. The van der Waals surface area contributed by atoms with Crippen molar-refractivity contribution in [1.82, 2.24) is 10.2 Å². The Hall–Kier alpha value is -4.05. The summed E-state index contributed by atoms with van der Waals surface area (Å²) in [6, 6.07) is 17.9. The number of carbonyl (C=O) groups is 2. The highest BCUT2D eigenvalue weighted by Gasteiger charge is 2.34. The molecule has 0 spiro atoms. The van der Waals surface area contributed by atoms with Crippen LogP contribution in [0.2, 0.25) is 0 Å². The van der Waals surface area contributed by atoms with Crippen LogP contribution in [0, 0.1) is 13.8 Å². The molecule has 0 aliphatic heterocycles. The lowest BCUT2D eigenvalue weighted by Gasteiger charge is -2.34. The molecule has 43 heavy (non-hydrogen) atoms. The summed E-state index contributed by atoms with van der Waals surface area (Å²) in [5, 5.41) is 2.99. The number of hydrogen-bond donors (Lipinski definition) is 1. The molecule has 0 radical (unpaired) electrons. The molecule has 10 heteroatoms. The first kappa shape index (κ1) is 33.5. The minimum atomic E-state index is -4.21. The van der Waals surface area contributed by atoms with E-state index in [1.165, 1.54) is 37.3 Å². The third-order valence-corrected chi connectivity index (χ3v) is 9.15. The van der Waals surface area contributed by atoms with E-state index < -0.39 is 28.5 Å². The fourth-order valence-corrected chi connectivity index (χ4v) is 6.12. The summed E-state index contributed by atoms with van der Waals surface area (Å²) in [5.74, 6) is -0.0679. The number of nitrogens with zero attached hydrogens (tertiary/aromatic N) is 2. The second-order valence-corrected chi connectivity index (χ2v) is 12.5. The number of ether oxygens (including phenoxy) is 2. The molecule has 0 bridgehead atoms. The third-order valence-electron chi connectivity index (χ3n) is 7.37. The molecule has 0 heterocycles. The molecule has 0 fully saturated rings. The van der Waals surface area contributed by atoms with Crippen LogP contribution in [-0.2, 0) is 26.2 Å². The molecule has 0 unspecified atom stereocenters. The average molecular weight is 610 g/mol. The Labute approximate surface area is 255 Å².